The molecule has 0 bridgehead atoms. The minimum atomic E-state index is -0.0856. The number of nitrogens with one attached hydrogen (secondary N) is 1. The molecule has 1 amide bonds. The Balaban J connectivity index is 2.35. The molecule has 0 fully saturated rings. The molecule has 3 nitrogen and oxygen atoms in total. The first-order valence-electron chi connectivity index (χ1n) is 5.33. The summed E-state index contributed by atoms with van der Waals surface area (Å²) in [5.74, 6) is 0.542. The predicted octanol–water partition coefficient (Wildman–Crippen LogP) is 2.99. The zero-order chi connectivity index (χ0) is 12.1. The van der Waals surface area contributed by atoms with Crippen LogP contribution in [0.4, 0.5) is 0 Å². The number of hydrogen-bond donors (Lipinski definition) is 1. The molecule has 0 saturated carbocycles. The molecule has 1 atom stereocenters. The van der Waals surface area contributed by atoms with Crippen molar-refractivity contribution < 1.29 is 4.79 Å². The summed E-state index contributed by atoms with van der Waals surface area (Å²) in [5, 5.41) is 5.58. The van der Waals surface area contributed by atoms with Crippen molar-refractivity contribution in [3.05, 3.63) is 16.1 Å². The molecule has 0 aliphatic rings. The molecule has 0 saturated heterocycles. The van der Waals surface area contributed by atoms with Crippen LogP contribution in [0.3, 0.4) is 0 Å². The number of hydrogen-bond acceptors (Lipinski definition) is 3. The minimum absolute atomic E-state index is 0.0856. The van der Waals surface area contributed by atoms with Crippen molar-refractivity contribution in [3.63, 3.8) is 0 Å². The maximum absolute atomic E-state index is 11.7. The van der Waals surface area contributed by atoms with Gasteiger partial charge >= 0.3 is 0 Å². The van der Waals surface area contributed by atoms with Gasteiger partial charge in [-0.3, -0.25) is 4.79 Å². The summed E-state index contributed by atoms with van der Waals surface area (Å²) in [5.41, 5.74) is 0.520. The molecule has 1 aromatic heterocycles. The van der Waals surface area contributed by atoms with Crippen molar-refractivity contribution in [2.75, 3.05) is 6.54 Å². The third-order valence-corrected chi connectivity index (χ3v) is 3.53. The zero-order valence-electron chi connectivity index (χ0n) is 9.79. The highest BCUT2D eigenvalue weighted by Gasteiger charge is 2.12. The van der Waals surface area contributed by atoms with Gasteiger partial charge in [-0.05, 0) is 19.3 Å². The first-order chi connectivity index (χ1) is 7.49. The fourth-order valence-electron chi connectivity index (χ4n) is 1.36. The fraction of sp³-hybridized carbons (Fsp3) is 0.636. The van der Waals surface area contributed by atoms with E-state index in [2.05, 4.69) is 40.1 Å². The molecular weight excluding hydrogens is 288 g/mol. The Morgan fingerprint density at radius 3 is 2.81 bits per heavy atom. The summed E-state index contributed by atoms with van der Waals surface area (Å²) in [6.07, 6.45) is 1.05. The fourth-order valence-corrected chi connectivity index (χ4v) is 2.86. The third kappa shape index (κ3) is 4.61. The average Bonchev–Trinajstić information content (AvgIpc) is 2.60. The number of carbonyl (C=O) groups is 1. The number of carbonyl (C=O) groups excluding carboxylic acids is 1. The topological polar surface area (TPSA) is 42.0 Å². The maximum Gasteiger partial charge on any atom is 0.270 e. The number of amides is 1. The lowest BCUT2D eigenvalue weighted by molar-refractivity contribution is 0.0949. The minimum Gasteiger partial charge on any atom is -0.350 e. The van der Waals surface area contributed by atoms with Gasteiger partial charge in [0.15, 0.2) is 0 Å². The highest BCUT2D eigenvalue weighted by Crippen LogP contribution is 2.12. The van der Waals surface area contributed by atoms with Gasteiger partial charge in [-0.25, -0.2) is 4.98 Å². The lowest BCUT2D eigenvalue weighted by atomic mass is 10.1. The van der Waals surface area contributed by atoms with Gasteiger partial charge < -0.3 is 5.32 Å². The van der Waals surface area contributed by atoms with Crippen molar-refractivity contribution >= 4 is 33.2 Å². The molecule has 5 heteroatoms. The molecule has 1 aromatic rings. The second-order valence-corrected chi connectivity index (χ2v) is 6.55. The van der Waals surface area contributed by atoms with E-state index in [1.807, 2.05) is 6.92 Å². The molecule has 1 rings (SSSR count). The van der Waals surface area contributed by atoms with E-state index in [9.17, 15) is 4.79 Å². The van der Waals surface area contributed by atoms with Crippen LogP contribution in [0.15, 0.2) is 5.38 Å². The van der Waals surface area contributed by atoms with E-state index in [1.54, 1.807) is 5.38 Å². The van der Waals surface area contributed by atoms with Crippen LogP contribution in [-0.2, 0) is 0 Å². The van der Waals surface area contributed by atoms with Gasteiger partial charge in [-0.1, -0.05) is 29.8 Å². The van der Waals surface area contributed by atoms with Crippen molar-refractivity contribution in [2.45, 2.75) is 32.0 Å². The molecule has 0 aliphatic carbocycles. The van der Waals surface area contributed by atoms with Crippen molar-refractivity contribution in [1.82, 2.24) is 10.3 Å². The molecule has 90 valence electrons. The van der Waals surface area contributed by atoms with Crippen molar-refractivity contribution in [2.24, 2.45) is 5.92 Å². The molecule has 1 unspecified atom stereocenters. The summed E-state index contributed by atoms with van der Waals surface area (Å²) >= 11 is 5.05. The standard InChI is InChI=1S/C11H17BrN2OS/c1-7(2)4-9(12)5-13-11(15)10-6-16-8(3)14-10/h6-7,9H,4-5H2,1-3H3,(H,13,15). The van der Waals surface area contributed by atoms with Crippen molar-refractivity contribution in [1.29, 1.82) is 0 Å². The number of halogens is 1. The largest absolute Gasteiger partial charge is 0.350 e. The monoisotopic (exact) mass is 304 g/mol. The summed E-state index contributed by atoms with van der Waals surface area (Å²) in [6.45, 7) is 6.88. The number of nitrogens with zero attached hydrogens (tertiary/aromatic N) is 1. The third-order valence-electron chi connectivity index (χ3n) is 2.06. The Morgan fingerprint density at radius 1 is 1.62 bits per heavy atom. The van der Waals surface area contributed by atoms with Crippen LogP contribution in [0.2, 0.25) is 0 Å². The smallest absolute Gasteiger partial charge is 0.270 e. The molecule has 1 heterocycles. The van der Waals surface area contributed by atoms with E-state index in [0.717, 1.165) is 11.4 Å². The lowest BCUT2D eigenvalue weighted by Crippen LogP contribution is -2.30. The van der Waals surface area contributed by atoms with Crippen LogP contribution < -0.4 is 5.32 Å². The van der Waals surface area contributed by atoms with E-state index in [-0.39, 0.29) is 5.91 Å². The van der Waals surface area contributed by atoms with Gasteiger partial charge in [-0.15, -0.1) is 11.3 Å². The highest BCUT2D eigenvalue weighted by atomic mass is 79.9. The zero-order valence-corrected chi connectivity index (χ0v) is 12.2. The van der Waals surface area contributed by atoms with Crippen LogP contribution in [0.5, 0.6) is 0 Å². The van der Waals surface area contributed by atoms with Crippen LogP contribution in [-0.4, -0.2) is 22.3 Å². The Morgan fingerprint density at radius 2 is 2.31 bits per heavy atom. The Kier molecular flexibility index (Phi) is 5.41. The predicted molar refractivity (Wildman–Crippen MR) is 71.4 cm³/mol. The van der Waals surface area contributed by atoms with E-state index >= 15 is 0 Å². The van der Waals surface area contributed by atoms with E-state index in [0.29, 0.717) is 23.0 Å². The molecular formula is C11H17BrN2OS. The van der Waals surface area contributed by atoms with Gasteiger partial charge in [0.1, 0.15) is 5.69 Å². The number of aromatic nitrogens is 1. The summed E-state index contributed by atoms with van der Waals surface area (Å²) in [4.78, 5) is 16.1. The average molecular weight is 305 g/mol. The number of rotatable bonds is 5. The molecule has 0 aromatic carbocycles. The molecule has 1 N–H and O–H groups in total. The van der Waals surface area contributed by atoms with E-state index < -0.39 is 0 Å². The Bertz CT molecular complexity index is 352. The van der Waals surface area contributed by atoms with Gasteiger partial charge in [0.2, 0.25) is 0 Å². The molecule has 0 spiro atoms. The first kappa shape index (κ1) is 13.6. The Hall–Kier alpha value is -0.420. The van der Waals surface area contributed by atoms with Crippen LogP contribution in [0.25, 0.3) is 0 Å². The first-order valence-corrected chi connectivity index (χ1v) is 7.13. The van der Waals surface area contributed by atoms with Crippen LogP contribution in [0.1, 0.15) is 35.8 Å². The molecule has 16 heavy (non-hydrogen) atoms. The normalized spacial score (nSPS) is 12.8. The summed E-state index contributed by atoms with van der Waals surface area (Å²) in [6, 6.07) is 0. The van der Waals surface area contributed by atoms with E-state index in [4.69, 9.17) is 0 Å². The molecule has 0 radical (unpaired) electrons. The number of aryl methyl sites for hydroxylation is 1. The van der Waals surface area contributed by atoms with Crippen LogP contribution in [0, 0.1) is 12.8 Å². The summed E-state index contributed by atoms with van der Waals surface area (Å²) in [7, 11) is 0. The van der Waals surface area contributed by atoms with Gasteiger partial charge in [-0.2, -0.15) is 0 Å². The van der Waals surface area contributed by atoms with Gasteiger partial charge in [0.25, 0.3) is 5.91 Å². The highest BCUT2D eigenvalue weighted by molar-refractivity contribution is 9.09. The molecule has 0 aliphatic heterocycles. The second-order valence-electron chi connectivity index (χ2n) is 4.19. The van der Waals surface area contributed by atoms with Crippen molar-refractivity contribution in [3.8, 4) is 0 Å². The van der Waals surface area contributed by atoms with Gasteiger partial charge in [0, 0.05) is 16.8 Å². The van der Waals surface area contributed by atoms with Crippen LogP contribution >= 0.6 is 27.3 Å². The maximum atomic E-state index is 11.7. The number of alkyl halides is 1. The quantitative estimate of drug-likeness (QED) is 0.850. The summed E-state index contributed by atoms with van der Waals surface area (Å²) < 4.78 is 0. The Labute approximate surface area is 109 Å². The second kappa shape index (κ2) is 6.35. The number of thiazole rings is 1. The van der Waals surface area contributed by atoms with Gasteiger partial charge in [0.05, 0.1) is 5.01 Å². The van der Waals surface area contributed by atoms with E-state index in [1.165, 1.54) is 11.3 Å². The lowest BCUT2D eigenvalue weighted by Gasteiger charge is -2.12. The SMILES string of the molecule is Cc1nc(C(=O)NCC(Br)CC(C)C)cs1.